The van der Waals surface area contributed by atoms with Crippen molar-refractivity contribution < 1.29 is 18.6 Å². The molecule has 0 bridgehead atoms. The number of hydrogen-bond acceptors (Lipinski definition) is 9. The molecule has 0 N–H and O–H groups in total. The molecule has 0 saturated carbocycles. The Balaban J connectivity index is 1.53. The van der Waals surface area contributed by atoms with Crippen LogP contribution in [-0.2, 0) is 4.74 Å². The van der Waals surface area contributed by atoms with Crippen molar-refractivity contribution in [2.24, 2.45) is 5.92 Å². The van der Waals surface area contributed by atoms with Gasteiger partial charge in [0.05, 0.1) is 12.1 Å². The fourth-order valence-electron chi connectivity index (χ4n) is 3.43. The molecule has 1 atom stereocenters. The van der Waals surface area contributed by atoms with Crippen molar-refractivity contribution in [3.8, 4) is 46.4 Å². The zero-order valence-electron chi connectivity index (χ0n) is 18.4. The molecule has 0 aromatic carbocycles. The zero-order valence-corrected chi connectivity index (χ0v) is 19.2. The van der Waals surface area contributed by atoms with Gasteiger partial charge in [0.25, 0.3) is 0 Å². The summed E-state index contributed by atoms with van der Waals surface area (Å²) in [6.07, 6.45) is 11.2. The molecule has 0 spiro atoms. The Kier molecular flexibility index (Phi) is 7.34. The highest BCUT2D eigenvalue weighted by molar-refractivity contribution is 7.17. The predicted octanol–water partition coefficient (Wildman–Crippen LogP) is 5.51. The molecular weight excluding hydrogens is 464 g/mol. The van der Waals surface area contributed by atoms with Gasteiger partial charge in [-0.25, -0.2) is 0 Å². The first-order valence-corrected chi connectivity index (χ1v) is 11.5. The van der Waals surface area contributed by atoms with Gasteiger partial charge in [-0.2, -0.15) is 21.0 Å². The predicted molar refractivity (Wildman–Crippen MR) is 127 cm³/mol. The van der Waals surface area contributed by atoms with Crippen molar-refractivity contribution in [3.63, 3.8) is 0 Å². The molecule has 0 aliphatic carbocycles. The van der Waals surface area contributed by atoms with Crippen LogP contribution < -0.4 is 9.47 Å². The number of rotatable bonds is 7. The molecule has 0 fully saturated rings. The summed E-state index contributed by atoms with van der Waals surface area (Å²) < 4.78 is 23.9. The summed E-state index contributed by atoms with van der Waals surface area (Å²) in [7, 11) is 0. The molecule has 172 valence electrons. The van der Waals surface area contributed by atoms with Crippen molar-refractivity contribution in [2.45, 2.75) is 18.9 Å². The SMILES string of the molecule is N#CC(C#N)=C/C=C/c1ccc(-c2sc(C3=CCC(/C=C/CC(C#N)C#N)O3)c3c2OCCO3)o1. The summed E-state index contributed by atoms with van der Waals surface area (Å²) in [4.78, 5) is 1.58. The summed E-state index contributed by atoms with van der Waals surface area (Å²) in [5.74, 6) is 2.40. The average Bonchev–Trinajstić information content (AvgIpc) is 3.63. The minimum atomic E-state index is -0.665. The molecule has 1 unspecified atom stereocenters. The van der Waals surface area contributed by atoms with Gasteiger partial charge in [-0.3, -0.25) is 0 Å². The summed E-state index contributed by atoms with van der Waals surface area (Å²) >= 11 is 1.44. The van der Waals surface area contributed by atoms with Crippen LogP contribution >= 0.6 is 11.3 Å². The molecule has 2 aromatic heterocycles. The van der Waals surface area contributed by atoms with Crippen molar-refractivity contribution in [3.05, 3.63) is 58.7 Å². The van der Waals surface area contributed by atoms with Gasteiger partial charge in [0.1, 0.15) is 70.0 Å². The molecule has 2 aliphatic heterocycles. The van der Waals surface area contributed by atoms with Crippen LogP contribution in [0.15, 0.2) is 52.5 Å². The van der Waals surface area contributed by atoms with E-state index in [4.69, 9.17) is 39.7 Å². The second-order valence-corrected chi connectivity index (χ2v) is 8.44. The molecular formula is C26H18N4O4S. The lowest BCUT2D eigenvalue weighted by atomic mass is 10.1. The Morgan fingerprint density at radius 2 is 1.80 bits per heavy atom. The van der Waals surface area contributed by atoms with E-state index in [9.17, 15) is 0 Å². The van der Waals surface area contributed by atoms with E-state index in [1.807, 2.05) is 30.4 Å². The van der Waals surface area contributed by atoms with Crippen LogP contribution in [0.3, 0.4) is 0 Å². The van der Waals surface area contributed by atoms with Gasteiger partial charge in [0.2, 0.25) is 0 Å². The first-order chi connectivity index (χ1) is 17.2. The number of allylic oxidation sites excluding steroid dienone is 4. The zero-order chi connectivity index (χ0) is 24.6. The van der Waals surface area contributed by atoms with Crippen LogP contribution in [0.25, 0.3) is 22.5 Å². The maximum absolute atomic E-state index is 8.89. The minimum Gasteiger partial charge on any atom is -0.485 e. The first kappa shape index (κ1) is 23.5. The van der Waals surface area contributed by atoms with Crippen molar-refractivity contribution >= 4 is 23.2 Å². The van der Waals surface area contributed by atoms with Crippen molar-refractivity contribution in [2.75, 3.05) is 13.2 Å². The Morgan fingerprint density at radius 3 is 2.51 bits per heavy atom. The van der Waals surface area contributed by atoms with Gasteiger partial charge < -0.3 is 18.6 Å². The normalized spacial score (nSPS) is 16.3. The monoisotopic (exact) mass is 482 g/mol. The standard InChI is InChI=1S/C26H18N4O4S/c27-13-17(14-28)3-1-5-19-7-9-21(33-19)25-23-24(32-12-11-31-23)26(35-25)22-10-8-20(34-22)6-2-4-18(15-29)16-30/h1-3,5-7,9-10,18,20H,4,8,11-12H2/b5-1+,6-2+. The molecule has 0 saturated heterocycles. The summed E-state index contributed by atoms with van der Waals surface area (Å²) in [6, 6.07) is 11.1. The van der Waals surface area contributed by atoms with Crippen LogP contribution in [0.5, 0.6) is 11.5 Å². The number of furan rings is 1. The lowest BCUT2D eigenvalue weighted by Crippen LogP contribution is -2.15. The first-order valence-electron chi connectivity index (χ1n) is 10.7. The third kappa shape index (κ3) is 5.28. The van der Waals surface area contributed by atoms with E-state index in [1.54, 1.807) is 36.4 Å². The molecule has 4 rings (SSSR count). The molecule has 2 aromatic rings. The fraction of sp³-hybridized carbons (Fsp3) is 0.231. The van der Waals surface area contributed by atoms with E-state index in [-0.39, 0.29) is 11.7 Å². The molecule has 8 nitrogen and oxygen atoms in total. The summed E-state index contributed by atoms with van der Waals surface area (Å²) in [5, 5.41) is 35.4. The Morgan fingerprint density at radius 1 is 1.06 bits per heavy atom. The average molecular weight is 483 g/mol. The van der Waals surface area contributed by atoms with Gasteiger partial charge >= 0.3 is 0 Å². The smallest absolute Gasteiger partial charge is 0.183 e. The highest BCUT2D eigenvalue weighted by atomic mass is 32.1. The van der Waals surface area contributed by atoms with E-state index < -0.39 is 5.92 Å². The van der Waals surface area contributed by atoms with E-state index in [2.05, 4.69) is 0 Å². The van der Waals surface area contributed by atoms with E-state index in [0.29, 0.717) is 54.8 Å². The molecule has 9 heteroatoms. The highest BCUT2D eigenvalue weighted by Gasteiger charge is 2.31. The van der Waals surface area contributed by atoms with Crippen LogP contribution in [0, 0.1) is 51.2 Å². The topological polar surface area (TPSA) is 136 Å². The minimum absolute atomic E-state index is 0.00322. The third-order valence-corrected chi connectivity index (χ3v) is 6.27. The van der Waals surface area contributed by atoms with Crippen molar-refractivity contribution in [1.82, 2.24) is 0 Å². The number of hydrogen-bond donors (Lipinski definition) is 0. The van der Waals surface area contributed by atoms with Gasteiger partial charge in [0, 0.05) is 6.42 Å². The second kappa shape index (κ2) is 10.9. The lowest BCUT2D eigenvalue weighted by Gasteiger charge is -2.17. The largest absolute Gasteiger partial charge is 0.485 e. The van der Waals surface area contributed by atoms with Crippen LogP contribution in [0.4, 0.5) is 0 Å². The maximum atomic E-state index is 8.89. The van der Waals surface area contributed by atoms with E-state index in [1.165, 1.54) is 17.4 Å². The molecule has 4 heterocycles. The molecule has 0 radical (unpaired) electrons. The van der Waals surface area contributed by atoms with Gasteiger partial charge in [-0.05, 0) is 42.9 Å². The maximum Gasteiger partial charge on any atom is 0.183 e. The lowest BCUT2D eigenvalue weighted by molar-refractivity contribution is 0.172. The highest BCUT2D eigenvalue weighted by Crippen LogP contribution is 2.53. The van der Waals surface area contributed by atoms with Crippen LogP contribution in [0.2, 0.25) is 0 Å². The molecule has 0 amide bonds. The van der Waals surface area contributed by atoms with E-state index >= 15 is 0 Å². The summed E-state index contributed by atoms with van der Waals surface area (Å²) in [6.45, 7) is 0.846. The Bertz CT molecular complexity index is 1370. The number of ether oxygens (including phenoxy) is 3. The number of nitriles is 4. The van der Waals surface area contributed by atoms with Gasteiger partial charge in [-0.15, -0.1) is 11.3 Å². The van der Waals surface area contributed by atoms with Gasteiger partial charge in [-0.1, -0.05) is 12.2 Å². The quantitative estimate of drug-likeness (QED) is 0.286. The van der Waals surface area contributed by atoms with Crippen LogP contribution in [-0.4, -0.2) is 19.3 Å². The number of nitrogens with zero attached hydrogens (tertiary/aromatic N) is 4. The Hall–Kier alpha value is -4.70. The van der Waals surface area contributed by atoms with Crippen LogP contribution in [0.1, 0.15) is 23.5 Å². The van der Waals surface area contributed by atoms with Crippen molar-refractivity contribution in [1.29, 1.82) is 21.0 Å². The van der Waals surface area contributed by atoms with Gasteiger partial charge in [0.15, 0.2) is 11.5 Å². The molecule has 2 aliphatic rings. The molecule has 35 heavy (non-hydrogen) atoms. The third-order valence-electron chi connectivity index (χ3n) is 5.09. The second-order valence-electron chi connectivity index (χ2n) is 7.42. The number of fused-ring (bicyclic) bond motifs is 1. The Labute approximate surface area is 206 Å². The summed E-state index contributed by atoms with van der Waals surface area (Å²) in [5.41, 5.74) is 0.00322. The number of thiophene rings is 1. The van der Waals surface area contributed by atoms with E-state index in [0.717, 1.165) is 9.75 Å². The fourth-order valence-corrected chi connectivity index (χ4v) is 4.56.